The molecule has 30 heavy (non-hydrogen) atoms. The smallest absolute Gasteiger partial charge is 0.348 e. The number of amides is 2. The van der Waals surface area contributed by atoms with Gasteiger partial charge in [0, 0.05) is 31.9 Å². The molecule has 2 amide bonds. The van der Waals surface area contributed by atoms with Crippen LogP contribution in [0.25, 0.3) is 0 Å². The second-order valence-electron chi connectivity index (χ2n) is 6.90. The highest BCUT2D eigenvalue weighted by atomic mass is 35.5. The molecule has 2 aromatic rings. The maximum absolute atomic E-state index is 12.6. The van der Waals surface area contributed by atoms with Crippen molar-refractivity contribution < 1.29 is 19.5 Å². The number of nitrogens with one attached hydrogen (secondary N) is 3. The van der Waals surface area contributed by atoms with E-state index in [-0.39, 0.29) is 33.2 Å². The number of aromatic nitrogens is 2. The van der Waals surface area contributed by atoms with E-state index in [9.17, 15) is 19.5 Å². The average Bonchev–Trinajstić information content (AvgIpc) is 3.17. The number of hydrogen-bond acceptors (Lipinski definition) is 6. The summed E-state index contributed by atoms with van der Waals surface area (Å²) in [4.78, 5) is 45.0. The Balaban J connectivity index is 1.69. The van der Waals surface area contributed by atoms with E-state index in [4.69, 9.17) is 23.2 Å². The molecule has 0 aromatic carbocycles. The first-order chi connectivity index (χ1) is 14.2. The molecule has 1 aliphatic heterocycles. The first kappa shape index (κ1) is 22.4. The number of anilines is 1. The molecule has 12 heteroatoms. The van der Waals surface area contributed by atoms with E-state index < -0.39 is 11.9 Å². The van der Waals surface area contributed by atoms with E-state index in [1.807, 2.05) is 4.90 Å². The summed E-state index contributed by atoms with van der Waals surface area (Å²) in [6, 6.07) is -0.0849. The molecule has 162 valence electrons. The van der Waals surface area contributed by atoms with Gasteiger partial charge in [-0.25, -0.2) is 9.78 Å². The first-order valence-corrected chi connectivity index (χ1v) is 10.9. The number of nitrogens with zero attached hydrogens (tertiary/aromatic N) is 2. The highest BCUT2D eigenvalue weighted by Crippen LogP contribution is 2.30. The van der Waals surface area contributed by atoms with Crippen LogP contribution < -0.4 is 15.5 Å². The van der Waals surface area contributed by atoms with Gasteiger partial charge in [0.15, 0.2) is 10.8 Å². The van der Waals surface area contributed by atoms with Gasteiger partial charge in [-0.15, -0.1) is 0 Å². The number of aryl methyl sites for hydroxylation is 1. The van der Waals surface area contributed by atoms with Crippen LogP contribution in [0.3, 0.4) is 0 Å². The largest absolute Gasteiger partial charge is 0.477 e. The fraction of sp³-hybridized carbons (Fsp3) is 0.444. The number of H-pyrrole nitrogens is 1. The lowest BCUT2D eigenvalue weighted by Gasteiger charge is -2.19. The molecule has 0 radical (unpaired) electrons. The normalized spacial score (nSPS) is 16.8. The lowest BCUT2D eigenvalue weighted by Crippen LogP contribution is -2.36. The van der Waals surface area contributed by atoms with Crippen molar-refractivity contribution in [3.05, 3.63) is 32.0 Å². The van der Waals surface area contributed by atoms with Crippen molar-refractivity contribution in [2.24, 2.45) is 0 Å². The number of carbonyl (C=O) groups excluding carboxylic acids is 2. The molecule has 0 bridgehead atoms. The van der Waals surface area contributed by atoms with Crippen LogP contribution in [-0.2, 0) is 0 Å². The molecule has 1 unspecified atom stereocenters. The highest BCUT2D eigenvalue weighted by molar-refractivity contribution is 7.17. The molecule has 2 aromatic heterocycles. The molecule has 1 fully saturated rings. The lowest BCUT2D eigenvalue weighted by atomic mass is 10.1. The van der Waals surface area contributed by atoms with Crippen molar-refractivity contribution >= 4 is 57.5 Å². The van der Waals surface area contributed by atoms with Gasteiger partial charge in [0.1, 0.15) is 10.6 Å². The standard InChI is InChI=1S/C18H21Cl2N5O4S/c1-8-10(19)11(20)12(22-8)16(27)23-9-4-3-6-25(7-5-9)18-24-13(15(26)21-2)14(30-18)17(28)29/h9,22H,3-7H2,1-2H3,(H,21,26)(H,23,27)(H,28,29). The number of thiazole rings is 1. The van der Waals surface area contributed by atoms with E-state index in [0.717, 1.165) is 24.2 Å². The number of rotatable bonds is 5. The zero-order valence-corrected chi connectivity index (χ0v) is 18.7. The van der Waals surface area contributed by atoms with Crippen molar-refractivity contribution in [1.82, 2.24) is 20.6 Å². The van der Waals surface area contributed by atoms with Crippen molar-refractivity contribution in [2.45, 2.75) is 32.2 Å². The third-order valence-electron chi connectivity index (χ3n) is 4.87. The predicted octanol–water partition coefficient (Wildman–Crippen LogP) is 2.93. The van der Waals surface area contributed by atoms with Gasteiger partial charge in [-0.1, -0.05) is 34.5 Å². The number of carboxylic acids is 1. The molecule has 1 aliphatic rings. The fourth-order valence-electron chi connectivity index (χ4n) is 3.28. The quantitative estimate of drug-likeness (QED) is 0.528. The van der Waals surface area contributed by atoms with Crippen LogP contribution >= 0.6 is 34.5 Å². The Bertz CT molecular complexity index is 990. The summed E-state index contributed by atoms with van der Waals surface area (Å²) in [5, 5.41) is 15.8. The second-order valence-corrected chi connectivity index (χ2v) is 8.63. The van der Waals surface area contributed by atoms with Crippen LogP contribution in [0.15, 0.2) is 0 Å². The summed E-state index contributed by atoms with van der Waals surface area (Å²) >= 11 is 13.1. The van der Waals surface area contributed by atoms with E-state index in [1.54, 1.807) is 6.92 Å². The molecule has 0 spiro atoms. The van der Waals surface area contributed by atoms with Gasteiger partial charge in [-0.2, -0.15) is 0 Å². The minimum atomic E-state index is -1.19. The van der Waals surface area contributed by atoms with Crippen molar-refractivity contribution in [1.29, 1.82) is 0 Å². The fourth-order valence-corrected chi connectivity index (χ4v) is 4.65. The van der Waals surface area contributed by atoms with Gasteiger partial charge >= 0.3 is 5.97 Å². The maximum atomic E-state index is 12.6. The van der Waals surface area contributed by atoms with E-state index in [2.05, 4.69) is 20.6 Å². The molecule has 1 atom stereocenters. The molecule has 1 saturated heterocycles. The number of halogens is 2. The minimum Gasteiger partial charge on any atom is -0.477 e. The Kier molecular flexibility index (Phi) is 6.89. The van der Waals surface area contributed by atoms with Gasteiger partial charge in [0.25, 0.3) is 11.8 Å². The monoisotopic (exact) mass is 473 g/mol. The van der Waals surface area contributed by atoms with Gasteiger partial charge < -0.3 is 25.6 Å². The second kappa shape index (κ2) is 9.23. The summed E-state index contributed by atoms with van der Waals surface area (Å²) < 4.78 is 0. The third kappa shape index (κ3) is 4.55. The molecule has 0 aliphatic carbocycles. The average molecular weight is 474 g/mol. The minimum absolute atomic E-state index is 0.0849. The summed E-state index contributed by atoms with van der Waals surface area (Å²) in [6.45, 7) is 2.93. The van der Waals surface area contributed by atoms with Crippen LogP contribution in [0.2, 0.25) is 10.0 Å². The molecule has 9 nitrogen and oxygen atoms in total. The highest BCUT2D eigenvalue weighted by Gasteiger charge is 2.27. The molecule has 4 N–H and O–H groups in total. The van der Waals surface area contributed by atoms with Gasteiger partial charge in [-0.3, -0.25) is 9.59 Å². The van der Waals surface area contributed by atoms with E-state index >= 15 is 0 Å². The maximum Gasteiger partial charge on any atom is 0.348 e. The topological polar surface area (TPSA) is 127 Å². The van der Waals surface area contributed by atoms with Crippen molar-refractivity contribution in [3.63, 3.8) is 0 Å². The number of carbonyl (C=O) groups is 3. The molecule has 0 saturated carbocycles. The summed E-state index contributed by atoms with van der Waals surface area (Å²) in [7, 11) is 1.43. The number of aromatic amines is 1. The molecule has 3 rings (SSSR count). The lowest BCUT2D eigenvalue weighted by molar-refractivity contribution is 0.0696. The predicted molar refractivity (Wildman–Crippen MR) is 115 cm³/mol. The molecule has 3 heterocycles. The van der Waals surface area contributed by atoms with Crippen LogP contribution in [0.1, 0.15) is 55.6 Å². The Labute approximate surface area is 186 Å². The molecular weight excluding hydrogens is 453 g/mol. The zero-order chi connectivity index (χ0) is 22.0. The Hall–Kier alpha value is -2.30. The van der Waals surface area contributed by atoms with E-state index in [0.29, 0.717) is 35.4 Å². The number of hydrogen-bond donors (Lipinski definition) is 4. The van der Waals surface area contributed by atoms with Crippen LogP contribution in [0.4, 0.5) is 5.13 Å². The van der Waals surface area contributed by atoms with Crippen LogP contribution in [-0.4, -0.2) is 59.0 Å². The number of carboxylic acid groups (broad SMARTS) is 1. The van der Waals surface area contributed by atoms with Crippen molar-refractivity contribution in [3.8, 4) is 0 Å². The van der Waals surface area contributed by atoms with Crippen LogP contribution in [0.5, 0.6) is 0 Å². The van der Waals surface area contributed by atoms with Crippen LogP contribution in [0, 0.1) is 6.92 Å². The third-order valence-corrected chi connectivity index (χ3v) is 6.92. The molecular formula is C18H21Cl2N5O4S. The van der Waals surface area contributed by atoms with Crippen molar-refractivity contribution in [2.75, 3.05) is 25.0 Å². The van der Waals surface area contributed by atoms with E-state index in [1.165, 1.54) is 7.05 Å². The summed E-state index contributed by atoms with van der Waals surface area (Å²) in [5.74, 6) is -2.04. The zero-order valence-electron chi connectivity index (χ0n) is 16.3. The Morgan fingerprint density at radius 1 is 1.20 bits per heavy atom. The van der Waals surface area contributed by atoms with Gasteiger partial charge in [0.05, 0.1) is 10.0 Å². The van der Waals surface area contributed by atoms with Gasteiger partial charge in [-0.05, 0) is 26.2 Å². The van der Waals surface area contributed by atoms with Gasteiger partial charge in [0.2, 0.25) is 0 Å². The Morgan fingerprint density at radius 3 is 2.53 bits per heavy atom. The first-order valence-electron chi connectivity index (χ1n) is 9.28. The summed E-state index contributed by atoms with van der Waals surface area (Å²) in [6.07, 6.45) is 2.14. The Morgan fingerprint density at radius 2 is 1.93 bits per heavy atom. The summed E-state index contributed by atoms with van der Waals surface area (Å²) in [5.41, 5.74) is 0.776. The number of aromatic carboxylic acids is 1. The SMILES string of the molecule is CNC(=O)c1nc(N2CCCC(NC(=O)c3[nH]c(C)c(Cl)c3Cl)CC2)sc1C(=O)O.